The van der Waals surface area contributed by atoms with Gasteiger partial charge >= 0.3 is 0 Å². The van der Waals surface area contributed by atoms with Crippen molar-refractivity contribution in [3.8, 4) is 11.1 Å². The quantitative estimate of drug-likeness (QED) is 0.246. The predicted octanol–water partition coefficient (Wildman–Crippen LogP) is 8.70. The van der Waals surface area contributed by atoms with Crippen LogP contribution in [0.25, 0.3) is 16.7 Å². The standard InChI is InChI=1S/C31H26ClNO3S/c1-31(2)17-23(34)26(24(35)18-31)29-25(19-10-5-3-6-11-19)27(28(36)20-12-7-4-8-13-20)30(37-29)33-22-15-9-14-21(32)16-22/h3-16,33-34H,17-18H2,1-2H3. The van der Waals surface area contributed by atoms with Crippen molar-refractivity contribution in [3.05, 3.63) is 112 Å². The van der Waals surface area contributed by atoms with Gasteiger partial charge in [0.25, 0.3) is 0 Å². The minimum atomic E-state index is -0.334. The fourth-order valence-electron chi connectivity index (χ4n) is 4.77. The zero-order chi connectivity index (χ0) is 26.2. The van der Waals surface area contributed by atoms with Gasteiger partial charge in [-0.1, -0.05) is 92.2 Å². The molecule has 0 aliphatic heterocycles. The van der Waals surface area contributed by atoms with Crippen molar-refractivity contribution in [2.24, 2.45) is 5.41 Å². The molecular weight excluding hydrogens is 502 g/mol. The summed E-state index contributed by atoms with van der Waals surface area (Å²) in [5.41, 5.74) is 3.10. The van der Waals surface area contributed by atoms with Crippen LogP contribution in [0.1, 0.15) is 47.5 Å². The van der Waals surface area contributed by atoms with Crippen LogP contribution < -0.4 is 5.32 Å². The first-order chi connectivity index (χ1) is 17.7. The van der Waals surface area contributed by atoms with Crippen LogP contribution in [0.3, 0.4) is 0 Å². The molecule has 0 amide bonds. The van der Waals surface area contributed by atoms with Gasteiger partial charge in [-0.2, -0.15) is 0 Å². The maximum Gasteiger partial charge on any atom is 0.196 e. The van der Waals surface area contributed by atoms with E-state index >= 15 is 0 Å². The van der Waals surface area contributed by atoms with Crippen molar-refractivity contribution < 1.29 is 14.7 Å². The van der Waals surface area contributed by atoms with E-state index in [2.05, 4.69) is 5.32 Å². The molecule has 0 saturated carbocycles. The Morgan fingerprint density at radius 3 is 2.27 bits per heavy atom. The van der Waals surface area contributed by atoms with E-state index in [-0.39, 0.29) is 22.7 Å². The van der Waals surface area contributed by atoms with Gasteiger partial charge in [0, 0.05) is 34.7 Å². The molecule has 0 bridgehead atoms. The second-order valence-corrected chi connectivity index (χ2v) is 11.4. The molecule has 0 radical (unpaired) electrons. The van der Waals surface area contributed by atoms with Crippen LogP contribution in [0.2, 0.25) is 5.02 Å². The smallest absolute Gasteiger partial charge is 0.196 e. The van der Waals surface area contributed by atoms with Gasteiger partial charge in [-0.05, 0) is 29.2 Å². The highest BCUT2D eigenvalue weighted by molar-refractivity contribution is 7.18. The molecule has 4 nitrogen and oxygen atoms in total. The molecule has 1 aliphatic rings. The molecule has 1 aromatic heterocycles. The lowest BCUT2D eigenvalue weighted by molar-refractivity contribution is -0.116. The third-order valence-electron chi connectivity index (χ3n) is 6.40. The molecule has 0 saturated heterocycles. The lowest BCUT2D eigenvalue weighted by Gasteiger charge is -2.29. The van der Waals surface area contributed by atoms with Gasteiger partial charge < -0.3 is 10.4 Å². The Kier molecular flexibility index (Phi) is 6.76. The molecule has 5 rings (SSSR count). The number of thiophene rings is 1. The van der Waals surface area contributed by atoms with E-state index in [0.717, 1.165) is 11.3 Å². The molecule has 1 aliphatic carbocycles. The number of nitrogens with one attached hydrogen (secondary N) is 1. The summed E-state index contributed by atoms with van der Waals surface area (Å²) in [5.74, 6) is -0.233. The largest absolute Gasteiger partial charge is 0.511 e. The lowest BCUT2D eigenvalue weighted by Crippen LogP contribution is -2.25. The number of allylic oxidation sites excluding steroid dienone is 2. The molecule has 6 heteroatoms. The Bertz CT molecular complexity index is 1520. The molecule has 0 atom stereocenters. The van der Waals surface area contributed by atoms with E-state index < -0.39 is 0 Å². The lowest BCUT2D eigenvalue weighted by atomic mass is 9.75. The Morgan fingerprint density at radius 2 is 1.62 bits per heavy atom. The zero-order valence-electron chi connectivity index (χ0n) is 20.5. The Balaban J connectivity index is 1.80. The molecule has 1 heterocycles. The van der Waals surface area contributed by atoms with Gasteiger partial charge in [0.1, 0.15) is 10.8 Å². The van der Waals surface area contributed by atoms with Crippen molar-refractivity contribution in [2.45, 2.75) is 26.7 Å². The first-order valence-corrected chi connectivity index (χ1v) is 13.2. The number of hydrogen-bond acceptors (Lipinski definition) is 5. The normalized spacial score (nSPS) is 15.1. The average molecular weight is 528 g/mol. The fraction of sp³-hybridized carbons (Fsp3) is 0.161. The highest BCUT2D eigenvalue weighted by Crippen LogP contribution is 2.49. The summed E-state index contributed by atoms with van der Waals surface area (Å²) in [6.07, 6.45) is 0.705. The summed E-state index contributed by atoms with van der Waals surface area (Å²) in [7, 11) is 0. The van der Waals surface area contributed by atoms with Crippen LogP contribution in [-0.2, 0) is 4.79 Å². The van der Waals surface area contributed by atoms with Crippen LogP contribution in [0.4, 0.5) is 10.7 Å². The van der Waals surface area contributed by atoms with Gasteiger partial charge in [0.05, 0.1) is 16.0 Å². The molecule has 0 unspecified atom stereocenters. The van der Waals surface area contributed by atoms with E-state index in [0.29, 0.717) is 50.0 Å². The first kappa shape index (κ1) is 25.0. The minimum absolute atomic E-state index is 0.0627. The Morgan fingerprint density at radius 1 is 0.946 bits per heavy atom. The van der Waals surface area contributed by atoms with Gasteiger partial charge in [0.15, 0.2) is 11.6 Å². The Hall–Kier alpha value is -3.67. The first-order valence-electron chi connectivity index (χ1n) is 12.0. The summed E-state index contributed by atoms with van der Waals surface area (Å²) in [6, 6.07) is 25.9. The second kappa shape index (κ2) is 10.0. The fourth-order valence-corrected chi connectivity index (χ4v) is 6.28. The number of hydrogen-bond donors (Lipinski definition) is 2. The predicted molar refractivity (Wildman–Crippen MR) is 152 cm³/mol. The summed E-state index contributed by atoms with van der Waals surface area (Å²) < 4.78 is 0. The van der Waals surface area contributed by atoms with Crippen LogP contribution in [0.5, 0.6) is 0 Å². The maximum absolute atomic E-state index is 14.1. The van der Waals surface area contributed by atoms with E-state index in [4.69, 9.17) is 11.6 Å². The molecular formula is C31H26ClNO3S. The van der Waals surface area contributed by atoms with Crippen LogP contribution in [0.15, 0.2) is 90.7 Å². The number of anilines is 2. The molecule has 37 heavy (non-hydrogen) atoms. The number of aliphatic hydroxyl groups excluding tert-OH is 1. The van der Waals surface area contributed by atoms with Crippen LogP contribution in [0, 0.1) is 5.41 Å². The summed E-state index contributed by atoms with van der Waals surface area (Å²) in [5, 5.41) is 15.6. The van der Waals surface area contributed by atoms with Crippen LogP contribution in [-0.4, -0.2) is 16.7 Å². The number of carbonyl (C=O) groups excluding carboxylic acids is 2. The SMILES string of the molecule is CC1(C)CC(=O)C(c2sc(Nc3cccc(Cl)c3)c(C(=O)c3ccccc3)c2-c2ccccc2)=C(O)C1. The van der Waals surface area contributed by atoms with E-state index in [9.17, 15) is 14.7 Å². The van der Waals surface area contributed by atoms with Gasteiger partial charge in [-0.3, -0.25) is 9.59 Å². The van der Waals surface area contributed by atoms with Crippen molar-refractivity contribution in [1.82, 2.24) is 0 Å². The third-order valence-corrected chi connectivity index (χ3v) is 7.75. The maximum atomic E-state index is 14.1. The molecule has 0 spiro atoms. The summed E-state index contributed by atoms with van der Waals surface area (Å²) >= 11 is 7.54. The van der Waals surface area contributed by atoms with Crippen molar-refractivity contribution >= 4 is 50.8 Å². The van der Waals surface area contributed by atoms with Gasteiger partial charge in [0.2, 0.25) is 0 Å². The minimum Gasteiger partial charge on any atom is -0.511 e. The van der Waals surface area contributed by atoms with E-state index in [1.54, 1.807) is 24.3 Å². The molecule has 2 N–H and O–H groups in total. The number of benzene rings is 3. The zero-order valence-corrected chi connectivity index (χ0v) is 22.1. The molecule has 0 fully saturated rings. The number of halogens is 1. The van der Waals surface area contributed by atoms with Crippen molar-refractivity contribution in [1.29, 1.82) is 0 Å². The Labute approximate surface area is 225 Å². The summed E-state index contributed by atoms with van der Waals surface area (Å²) in [4.78, 5) is 28.1. The number of carbonyl (C=O) groups is 2. The van der Waals surface area contributed by atoms with Gasteiger partial charge in [-0.25, -0.2) is 0 Å². The third kappa shape index (κ3) is 5.10. The number of ketones is 2. The molecule has 3 aromatic carbocycles. The summed E-state index contributed by atoms with van der Waals surface area (Å²) in [6.45, 7) is 3.95. The van der Waals surface area contributed by atoms with Crippen molar-refractivity contribution in [3.63, 3.8) is 0 Å². The van der Waals surface area contributed by atoms with Gasteiger partial charge in [-0.15, -0.1) is 11.3 Å². The number of Topliss-reactive ketones (excluding diaryl/α,β-unsaturated/α-hetero) is 1. The number of aliphatic hydroxyl groups is 1. The number of rotatable bonds is 6. The van der Waals surface area contributed by atoms with Crippen molar-refractivity contribution in [2.75, 3.05) is 5.32 Å². The topological polar surface area (TPSA) is 66.4 Å². The molecule has 186 valence electrons. The van der Waals surface area contributed by atoms with E-state index in [1.165, 1.54) is 11.3 Å². The highest BCUT2D eigenvalue weighted by Gasteiger charge is 2.37. The van der Waals surface area contributed by atoms with Crippen LogP contribution >= 0.6 is 22.9 Å². The van der Waals surface area contributed by atoms with E-state index in [1.807, 2.05) is 74.5 Å². The average Bonchev–Trinajstić information content (AvgIpc) is 3.21. The molecule has 4 aromatic rings. The monoisotopic (exact) mass is 527 g/mol. The highest BCUT2D eigenvalue weighted by atomic mass is 35.5. The second-order valence-electron chi connectivity index (χ2n) is 9.97.